The van der Waals surface area contributed by atoms with Crippen molar-refractivity contribution in [3.63, 3.8) is 0 Å². The minimum atomic E-state index is 0.930. The van der Waals surface area contributed by atoms with E-state index in [1.54, 1.807) is 0 Å². The summed E-state index contributed by atoms with van der Waals surface area (Å²) >= 11 is 0. The molecule has 168 valence electrons. The predicted molar refractivity (Wildman–Crippen MR) is 149 cm³/mol. The first-order valence-corrected chi connectivity index (χ1v) is 12.0. The van der Waals surface area contributed by atoms with E-state index in [9.17, 15) is 0 Å². The van der Waals surface area contributed by atoms with E-state index >= 15 is 0 Å². The number of benzene rings is 4. The molecule has 0 N–H and O–H groups in total. The third kappa shape index (κ3) is 3.68. The molecule has 0 bridgehead atoms. The Morgan fingerprint density at radius 3 is 1.61 bits per heavy atom. The van der Waals surface area contributed by atoms with Crippen molar-refractivity contribution in [1.29, 1.82) is 0 Å². The van der Waals surface area contributed by atoms with Gasteiger partial charge in [0.2, 0.25) is 0 Å². The Bertz CT molecular complexity index is 1890. The molecule has 3 heteroatoms. The average molecular weight is 460 g/mol. The predicted octanol–water partition coefficient (Wildman–Crippen LogP) is 8.33. The fourth-order valence-electron chi connectivity index (χ4n) is 4.75. The summed E-state index contributed by atoms with van der Waals surface area (Å²) in [5.41, 5.74) is 9.37. The highest BCUT2D eigenvalue weighted by molar-refractivity contribution is 5.91. The molecular weight excluding hydrogens is 438 g/mol. The molecule has 7 rings (SSSR count). The van der Waals surface area contributed by atoms with Crippen molar-refractivity contribution in [3.8, 4) is 33.6 Å². The van der Waals surface area contributed by atoms with Crippen LogP contribution in [-0.2, 0) is 0 Å². The van der Waals surface area contributed by atoms with Gasteiger partial charge in [0.1, 0.15) is 0 Å². The number of aromatic nitrogens is 3. The van der Waals surface area contributed by atoms with Crippen LogP contribution in [0.5, 0.6) is 0 Å². The Hall–Kier alpha value is -4.89. The van der Waals surface area contributed by atoms with Gasteiger partial charge in [0.15, 0.2) is 0 Å². The SMILES string of the molecule is c1ccc(-c2ccc3cc(-c4ccc5nc(-c6cnc7ccccc7c6)ccc5c4)ccc3n2)cc1. The maximum absolute atomic E-state index is 4.93. The topological polar surface area (TPSA) is 38.7 Å². The first-order valence-electron chi connectivity index (χ1n) is 12.0. The Balaban J connectivity index is 1.23. The van der Waals surface area contributed by atoms with Gasteiger partial charge in [-0.05, 0) is 59.7 Å². The van der Waals surface area contributed by atoms with Crippen molar-refractivity contribution < 1.29 is 0 Å². The summed E-state index contributed by atoms with van der Waals surface area (Å²) in [6.07, 6.45) is 1.90. The second-order valence-corrected chi connectivity index (χ2v) is 8.99. The van der Waals surface area contributed by atoms with E-state index in [1.165, 1.54) is 11.1 Å². The lowest BCUT2D eigenvalue weighted by molar-refractivity contribution is 1.35. The van der Waals surface area contributed by atoms with E-state index in [0.29, 0.717) is 0 Å². The fraction of sp³-hybridized carbons (Fsp3) is 0. The minimum absolute atomic E-state index is 0.930. The molecular formula is C33H21N3. The molecule has 4 aromatic carbocycles. The molecule has 0 unspecified atom stereocenters. The van der Waals surface area contributed by atoms with Gasteiger partial charge in [0, 0.05) is 33.5 Å². The standard InChI is InChI=1S/C33H21N3/c1-2-6-22(7-3-1)30-16-12-26-18-23(10-14-31(26)35-30)24-11-15-32-27(19-24)13-17-33(36-32)28-20-25-8-4-5-9-29(25)34-21-28/h1-21H. The quantitative estimate of drug-likeness (QED) is 0.267. The first kappa shape index (κ1) is 20.5. The molecule has 0 spiro atoms. The maximum atomic E-state index is 4.93. The normalized spacial score (nSPS) is 11.3. The van der Waals surface area contributed by atoms with Gasteiger partial charge in [-0.25, -0.2) is 9.97 Å². The number of hydrogen-bond acceptors (Lipinski definition) is 3. The third-order valence-corrected chi connectivity index (χ3v) is 6.67. The van der Waals surface area contributed by atoms with Crippen LogP contribution in [-0.4, -0.2) is 15.0 Å². The minimum Gasteiger partial charge on any atom is -0.256 e. The Morgan fingerprint density at radius 2 is 0.917 bits per heavy atom. The van der Waals surface area contributed by atoms with Crippen molar-refractivity contribution in [1.82, 2.24) is 15.0 Å². The summed E-state index contributed by atoms with van der Waals surface area (Å²) in [5, 5.41) is 3.36. The monoisotopic (exact) mass is 459 g/mol. The van der Waals surface area contributed by atoms with E-state index in [-0.39, 0.29) is 0 Å². The first-order chi connectivity index (χ1) is 17.8. The molecule has 0 aliphatic carbocycles. The summed E-state index contributed by atoms with van der Waals surface area (Å²) in [6, 6.07) is 42.0. The van der Waals surface area contributed by atoms with Crippen LogP contribution in [0.1, 0.15) is 0 Å². The largest absolute Gasteiger partial charge is 0.256 e. The molecule has 3 heterocycles. The van der Waals surface area contributed by atoms with Crippen LogP contribution >= 0.6 is 0 Å². The van der Waals surface area contributed by atoms with Gasteiger partial charge in [0.25, 0.3) is 0 Å². The molecule has 0 fully saturated rings. The smallest absolute Gasteiger partial charge is 0.0725 e. The second kappa shape index (κ2) is 8.40. The van der Waals surface area contributed by atoms with Gasteiger partial charge in [0.05, 0.1) is 27.9 Å². The number of para-hydroxylation sites is 1. The molecule has 0 radical (unpaired) electrons. The number of fused-ring (bicyclic) bond motifs is 3. The van der Waals surface area contributed by atoms with Gasteiger partial charge < -0.3 is 0 Å². The lowest BCUT2D eigenvalue weighted by Crippen LogP contribution is -1.89. The zero-order valence-corrected chi connectivity index (χ0v) is 19.5. The number of nitrogens with zero attached hydrogens (tertiary/aromatic N) is 3. The Labute approximate surface area is 208 Å². The molecule has 0 aliphatic heterocycles. The van der Waals surface area contributed by atoms with Gasteiger partial charge >= 0.3 is 0 Å². The fourth-order valence-corrected chi connectivity index (χ4v) is 4.75. The summed E-state index contributed by atoms with van der Waals surface area (Å²) in [7, 11) is 0. The molecule has 0 amide bonds. The lowest BCUT2D eigenvalue weighted by Gasteiger charge is -2.08. The zero-order valence-electron chi connectivity index (χ0n) is 19.5. The molecule has 0 saturated heterocycles. The number of pyridine rings is 3. The molecule has 7 aromatic rings. The maximum Gasteiger partial charge on any atom is 0.0725 e. The molecule has 0 saturated carbocycles. The summed E-state index contributed by atoms with van der Waals surface area (Å²) in [6.45, 7) is 0. The Kier molecular flexibility index (Phi) is 4.78. The van der Waals surface area contributed by atoms with Crippen molar-refractivity contribution in [2.45, 2.75) is 0 Å². The average Bonchev–Trinajstić information content (AvgIpc) is 2.96. The number of hydrogen-bond donors (Lipinski definition) is 0. The summed E-state index contributed by atoms with van der Waals surface area (Å²) < 4.78 is 0. The molecule has 36 heavy (non-hydrogen) atoms. The van der Waals surface area contributed by atoms with Crippen LogP contribution in [0.4, 0.5) is 0 Å². The van der Waals surface area contributed by atoms with Crippen molar-refractivity contribution in [3.05, 3.63) is 128 Å². The van der Waals surface area contributed by atoms with Crippen LogP contribution < -0.4 is 0 Å². The van der Waals surface area contributed by atoms with E-state index in [2.05, 4.69) is 89.9 Å². The molecule has 3 aromatic heterocycles. The van der Waals surface area contributed by atoms with Crippen molar-refractivity contribution in [2.24, 2.45) is 0 Å². The third-order valence-electron chi connectivity index (χ3n) is 6.67. The van der Waals surface area contributed by atoms with Crippen LogP contribution in [0.3, 0.4) is 0 Å². The van der Waals surface area contributed by atoms with Gasteiger partial charge in [-0.1, -0.05) is 72.8 Å². The van der Waals surface area contributed by atoms with Crippen LogP contribution in [0.2, 0.25) is 0 Å². The zero-order chi connectivity index (χ0) is 23.9. The van der Waals surface area contributed by atoms with Crippen LogP contribution in [0.25, 0.3) is 66.4 Å². The van der Waals surface area contributed by atoms with Crippen LogP contribution in [0, 0.1) is 0 Å². The molecule has 0 atom stereocenters. The second-order valence-electron chi connectivity index (χ2n) is 8.99. The highest BCUT2D eigenvalue weighted by atomic mass is 14.7. The lowest BCUT2D eigenvalue weighted by atomic mass is 10.0. The van der Waals surface area contributed by atoms with E-state index in [1.807, 2.05) is 42.6 Å². The van der Waals surface area contributed by atoms with Gasteiger partial charge in [-0.3, -0.25) is 4.98 Å². The van der Waals surface area contributed by atoms with E-state index in [4.69, 9.17) is 9.97 Å². The number of rotatable bonds is 3. The van der Waals surface area contributed by atoms with Crippen molar-refractivity contribution in [2.75, 3.05) is 0 Å². The van der Waals surface area contributed by atoms with Crippen molar-refractivity contribution >= 4 is 32.7 Å². The van der Waals surface area contributed by atoms with Gasteiger partial charge in [-0.15, -0.1) is 0 Å². The molecule has 3 nitrogen and oxygen atoms in total. The van der Waals surface area contributed by atoms with Crippen LogP contribution in [0.15, 0.2) is 128 Å². The van der Waals surface area contributed by atoms with E-state index < -0.39 is 0 Å². The Morgan fingerprint density at radius 1 is 0.361 bits per heavy atom. The molecule has 0 aliphatic rings. The summed E-state index contributed by atoms with van der Waals surface area (Å²) in [4.78, 5) is 14.4. The van der Waals surface area contributed by atoms with E-state index in [0.717, 1.165) is 55.2 Å². The van der Waals surface area contributed by atoms with Gasteiger partial charge in [-0.2, -0.15) is 0 Å². The highest BCUT2D eigenvalue weighted by Crippen LogP contribution is 2.30. The highest BCUT2D eigenvalue weighted by Gasteiger charge is 2.07. The summed E-state index contributed by atoms with van der Waals surface area (Å²) in [5.74, 6) is 0.